The van der Waals surface area contributed by atoms with Gasteiger partial charge in [-0.05, 0) is 52.6 Å². The summed E-state index contributed by atoms with van der Waals surface area (Å²) in [5.74, 6) is 0. The Kier molecular flexibility index (Phi) is 4.22. The molecule has 3 nitrogen and oxygen atoms in total. The lowest BCUT2D eigenvalue weighted by Gasteiger charge is -2.27. The van der Waals surface area contributed by atoms with E-state index < -0.39 is 0 Å². The van der Waals surface area contributed by atoms with E-state index in [-0.39, 0.29) is 5.60 Å². The lowest BCUT2D eigenvalue weighted by atomic mass is 10.0. The number of likely N-dealkylation sites (tertiary alicyclic amines) is 1. The molecule has 2 aliphatic rings. The molecule has 0 bridgehead atoms. The Balaban J connectivity index is 1.64. The molecular formula is C13H26N2O. The van der Waals surface area contributed by atoms with Crippen LogP contribution in [-0.4, -0.2) is 49.3 Å². The number of hydrogen-bond donors (Lipinski definition) is 1. The maximum Gasteiger partial charge on any atom is 0.0779 e. The van der Waals surface area contributed by atoms with Crippen molar-refractivity contribution in [1.82, 2.24) is 10.2 Å². The Morgan fingerprint density at radius 1 is 1.31 bits per heavy atom. The van der Waals surface area contributed by atoms with Crippen molar-refractivity contribution < 1.29 is 4.74 Å². The van der Waals surface area contributed by atoms with Crippen LogP contribution < -0.4 is 5.32 Å². The molecule has 2 aliphatic heterocycles. The Hall–Kier alpha value is -0.120. The van der Waals surface area contributed by atoms with Crippen LogP contribution in [0.2, 0.25) is 0 Å². The Morgan fingerprint density at radius 3 is 2.69 bits per heavy atom. The molecular weight excluding hydrogens is 200 g/mol. The monoisotopic (exact) mass is 226 g/mol. The van der Waals surface area contributed by atoms with Crippen molar-refractivity contribution >= 4 is 0 Å². The molecule has 16 heavy (non-hydrogen) atoms. The predicted molar refractivity (Wildman–Crippen MR) is 66.7 cm³/mol. The van der Waals surface area contributed by atoms with E-state index in [1.165, 1.54) is 45.3 Å². The summed E-state index contributed by atoms with van der Waals surface area (Å²) in [7, 11) is 0. The van der Waals surface area contributed by atoms with Gasteiger partial charge >= 0.3 is 0 Å². The first-order valence-electron chi connectivity index (χ1n) is 6.78. The fourth-order valence-corrected chi connectivity index (χ4v) is 2.78. The standard InChI is InChI=1S/C13H26N2O/c1-12(10-15-7-3-4-8-15)14-11-13(2)6-5-9-16-13/h12,14H,3-11H2,1-2H3. The molecule has 2 heterocycles. The van der Waals surface area contributed by atoms with Gasteiger partial charge in [0.2, 0.25) is 0 Å². The van der Waals surface area contributed by atoms with Gasteiger partial charge in [-0.3, -0.25) is 0 Å². The van der Waals surface area contributed by atoms with Crippen molar-refractivity contribution in [3.8, 4) is 0 Å². The van der Waals surface area contributed by atoms with E-state index in [4.69, 9.17) is 4.74 Å². The highest BCUT2D eigenvalue weighted by atomic mass is 16.5. The van der Waals surface area contributed by atoms with Gasteiger partial charge < -0.3 is 15.0 Å². The molecule has 0 aromatic carbocycles. The van der Waals surface area contributed by atoms with Crippen molar-refractivity contribution in [1.29, 1.82) is 0 Å². The maximum atomic E-state index is 5.78. The lowest BCUT2D eigenvalue weighted by Crippen LogP contribution is -2.45. The molecule has 2 unspecified atom stereocenters. The van der Waals surface area contributed by atoms with Crippen LogP contribution >= 0.6 is 0 Å². The summed E-state index contributed by atoms with van der Waals surface area (Å²) in [6, 6.07) is 0.583. The zero-order valence-corrected chi connectivity index (χ0v) is 10.8. The molecule has 2 atom stereocenters. The maximum absolute atomic E-state index is 5.78. The quantitative estimate of drug-likeness (QED) is 0.771. The highest BCUT2D eigenvalue weighted by Gasteiger charge is 2.29. The van der Waals surface area contributed by atoms with Crippen molar-refractivity contribution in [2.45, 2.75) is 51.2 Å². The first-order chi connectivity index (χ1) is 7.68. The third kappa shape index (κ3) is 3.44. The zero-order valence-electron chi connectivity index (χ0n) is 10.8. The smallest absolute Gasteiger partial charge is 0.0779 e. The summed E-state index contributed by atoms with van der Waals surface area (Å²) in [6.07, 6.45) is 5.19. The van der Waals surface area contributed by atoms with Gasteiger partial charge in [-0.1, -0.05) is 0 Å². The third-order valence-corrected chi connectivity index (χ3v) is 3.86. The average molecular weight is 226 g/mol. The van der Waals surface area contributed by atoms with Crippen LogP contribution in [0, 0.1) is 0 Å². The van der Waals surface area contributed by atoms with Crippen LogP contribution in [0.15, 0.2) is 0 Å². The molecule has 2 rings (SSSR count). The van der Waals surface area contributed by atoms with E-state index in [9.17, 15) is 0 Å². The van der Waals surface area contributed by atoms with Gasteiger partial charge in [0, 0.05) is 25.7 Å². The summed E-state index contributed by atoms with van der Waals surface area (Å²) < 4.78 is 5.78. The van der Waals surface area contributed by atoms with Crippen molar-refractivity contribution in [3.63, 3.8) is 0 Å². The average Bonchev–Trinajstić information content (AvgIpc) is 2.88. The van der Waals surface area contributed by atoms with Crippen molar-refractivity contribution in [2.24, 2.45) is 0 Å². The molecule has 3 heteroatoms. The minimum absolute atomic E-state index is 0.0965. The molecule has 2 fully saturated rings. The molecule has 0 spiro atoms. The lowest BCUT2D eigenvalue weighted by molar-refractivity contribution is 0.0184. The van der Waals surface area contributed by atoms with Crippen LogP contribution in [0.25, 0.3) is 0 Å². The van der Waals surface area contributed by atoms with Gasteiger partial charge in [-0.15, -0.1) is 0 Å². The summed E-state index contributed by atoms with van der Waals surface area (Å²) in [5, 5.41) is 3.63. The summed E-state index contributed by atoms with van der Waals surface area (Å²) in [6.45, 7) is 10.2. The second-order valence-electron chi connectivity index (χ2n) is 5.69. The van der Waals surface area contributed by atoms with Crippen LogP contribution in [0.5, 0.6) is 0 Å². The van der Waals surface area contributed by atoms with Crippen LogP contribution in [0.3, 0.4) is 0 Å². The van der Waals surface area contributed by atoms with E-state index in [0.29, 0.717) is 6.04 Å². The molecule has 94 valence electrons. The number of nitrogens with zero attached hydrogens (tertiary/aromatic N) is 1. The molecule has 0 aliphatic carbocycles. The van der Waals surface area contributed by atoms with Gasteiger partial charge in [0.05, 0.1) is 5.60 Å². The Morgan fingerprint density at radius 2 is 2.06 bits per heavy atom. The van der Waals surface area contributed by atoms with Gasteiger partial charge in [0.15, 0.2) is 0 Å². The fourth-order valence-electron chi connectivity index (χ4n) is 2.78. The molecule has 0 aromatic rings. The van der Waals surface area contributed by atoms with Crippen molar-refractivity contribution in [3.05, 3.63) is 0 Å². The number of ether oxygens (including phenoxy) is 1. The van der Waals surface area contributed by atoms with E-state index in [1.54, 1.807) is 0 Å². The molecule has 0 amide bonds. The molecule has 1 N–H and O–H groups in total. The van der Waals surface area contributed by atoms with E-state index in [1.807, 2.05) is 0 Å². The van der Waals surface area contributed by atoms with E-state index >= 15 is 0 Å². The highest BCUT2D eigenvalue weighted by Crippen LogP contribution is 2.24. The topological polar surface area (TPSA) is 24.5 Å². The van der Waals surface area contributed by atoms with E-state index in [0.717, 1.165) is 13.2 Å². The second kappa shape index (κ2) is 5.48. The minimum atomic E-state index is 0.0965. The molecule has 2 saturated heterocycles. The minimum Gasteiger partial charge on any atom is -0.374 e. The summed E-state index contributed by atoms with van der Waals surface area (Å²) in [5.41, 5.74) is 0.0965. The normalized spacial score (nSPS) is 33.4. The fraction of sp³-hybridized carbons (Fsp3) is 1.00. The largest absolute Gasteiger partial charge is 0.374 e. The number of nitrogens with one attached hydrogen (secondary N) is 1. The molecule has 0 saturated carbocycles. The van der Waals surface area contributed by atoms with Crippen LogP contribution in [-0.2, 0) is 4.74 Å². The Labute approximate surface area is 99.5 Å². The predicted octanol–water partition coefficient (Wildman–Crippen LogP) is 1.63. The van der Waals surface area contributed by atoms with Gasteiger partial charge in [0.1, 0.15) is 0 Å². The molecule has 0 aromatic heterocycles. The van der Waals surface area contributed by atoms with Gasteiger partial charge in [-0.25, -0.2) is 0 Å². The third-order valence-electron chi connectivity index (χ3n) is 3.86. The SMILES string of the molecule is CC(CN1CCCC1)NCC1(C)CCCO1. The van der Waals surface area contributed by atoms with E-state index in [2.05, 4.69) is 24.1 Å². The molecule has 0 radical (unpaired) electrons. The summed E-state index contributed by atoms with van der Waals surface area (Å²) >= 11 is 0. The van der Waals surface area contributed by atoms with Crippen LogP contribution in [0.4, 0.5) is 0 Å². The summed E-state index contributed by atoms with van der Waals surface area (Å²) in [4.78, 5) is 2.56. The number of hydrogen-bond acceptors (Lipinski definition) is 3. The highest BCUT2D eigenvalue weighted by molar-refractivity contribution is 4.84. The van der Waals surface area contributed by atoms with Crippen LogP contribution in [0.1, 0.15) is 39.5 Å². The first-order valence-corrected chi connectivity index (χ1v) is 6.78. The van der Waals surface area contributed by atoms with Crippen molar-refractivity contribution in [2.75, 3.05) is 32.8 Å². The zero-order chi connectivity index (χ0) is 11.4. The van der Waals surface area contributed by atoms with Gasteiger partial charge in [0.25, 0.3) is 0 Å². The number of rotatable bonds is 5. The van der Waals surface area contributed by atoms with Gasteiger partial charge in [-0.2, -0.15) is 0 Å². The second-order valence-corrected chi connectivity index (χ2v) is 5.69. The Bertz CT molecular complexity index is 208. The first kappa shape index (κ1) is 12.3.